The number of carbonyl (C=O) groups is 1. The van der Waals surface area contributed by atoms with E-state index in [-0.39, 0.29) is 5.82 Å². The number of hydrogen-bond donors (Lipinski definition) is 1. The van der Waals surface area contributed by atoms with E-state index in [2.05, 4.69) is 10.1 Å². The van der Waals surface area contributed by atoms with E-state index < -0.39 is 23.4 Å². The van der Waals surface area contributed by atoms with E-state index in [0.29, 0.717) is 22.1 Å². The van der Waals surface area contributed by atoms with Gasteiger partial charge < -0.3 is 9.84 Å². The minimum absolute atomic E-state index is 0.147. The summed E-state index contributed by atoms with van der Waals surface area (Å²) in [6.07, 6.45) is -0.481. The smallest absolute Gasteiger partial charge is 0.434 e. The molecule has 0 unspecified atom stereocenters. The number of halogens is 3. The molecule has 2 aromatic heterocycles. The number of carboxylic acids is 1. The van der Waals surface area contributed by atoms with Gasteiger partial charge in [-0.3, -0.25) is 0 Å². The Bertz CT molecular complexity index is 1360. The van der Waals surface area contributed by atoms with E-state index >= 15 is 0 Å². The molecular formula is C25H18F3N3O3. The van der Waals surface area contributed by atoms with Crippen LogP contribution in [0.5, 0.6) is 5.75 Å². The summed E-state index contributed by atoms with van der Waals surface area (Å²) in [6, 6.07) is 19.3. The Labute approximate surface area is 192 Å². The van der Waals surface area contributed by atoms with Crippen molar-refractivity contribution in [1.29, 1.82) is 0 Å². The first kappa shape index (κ1) is 22.8. The molecule has 0 bridgehead atoms. The highest BCUT2D eigenvalue weighted by Crippen LogP contribution is 2.34. The van der Waals surface area contributed by atoms with Gasteiger partial charge in [-0.2, -0.15) is 18.3 Å². The normalized spacial score (nSPS) is 11.6. The van der Waals surface area contributed by atoms with E-state index in [4.69, 9.17) is 9.84 Å². The van der Waals surface area contributed by atoms with Crippen molar-refractivity contribution in [3.8, 4) is 22.8 Å². The first-order chi connectivity index (χ1) is 16.3. The van der Waals surface area contributed by atoms with Crippen LogP contribution in [-0.2, 0) is 6.18 Å². The van der Waals surface area contributed by atoms with Gasteiger partial charge in [-0.15, -0.1) is 0 Å². The van der Waals surface area contributed by atoms with E-state index in [1.807, 2.05) is 48.6 Å². The van der Waals surface area contributed by atoms with Crippen LogP contribution in [-0.4, -0.2) is 33.0 Å². The summed E-state index contributed by atoms with van der Waals surface area (Å²) >= 11 is 0. The standard InChI is InChI=1S/C25H18F3N3O3/c1-34-18-13-10-16(11-14-18)9-12-17-5-2-3-6-19(17)21-7-4-8-22(30-21)31-23(25(26,27)28)20(15-29-31)24(32)33/h2-15H,1H3,(H,32,33). The van der Waals surface area contributed by atoms with Crippen LogP contribution in [0.4, 0.5) is 13.2 Å². The predicted octanol–water partition coefficient (Wildman–Crippen LogP) is 5.83. The second kappa shape index (κ2) is 9.22. The van der Waals surface area contributed by atoms with Gasteiger partial charge in [-0.25, -0.2) is 14.5 Å². The fraction of sp³-hybridized carbons (Fsp3) is 0.0800. The minimum atomic E-state index is -4.93. The van der Waals surface area contributed by atoms with Crippen LogP contribution in [0, 0.1) is 0 Å². The summed E-state index contributed by atoms with van der Waals surface area (Å²) < 4.78 is 46.5. The number of aromatic carboxylic acids is 1. The molecule has 0 aliphatic carbocycles. The molecule has 0 aliphatic heterocycles. The molecule has 4 aromatic rings. The fourth-order valence-electron chi connectivity index (χ4n) is 3.42. The zero-order valence-electron chi connectivity index (χ0n) is 17.8. The van der Waals surface area contributed by atoms with Crippen molar-refractivity contribution >= 4 is 18.1 Å². The van der Waals surface area contributed by atoms with Crippen LogP contribution in [0.3, 0.4) is 0 Å². The Kier molecular flexibility index (Phi) is 6.18. The van der Waals surface area contributed by atoms with E-state index in [9.17, 15) is 18.0 Å². The molecule has 172 valence electrons. The molecular weight excluding hydrogens is 447 g/mol. The lowest BCUT2D eigenvalue weighted by molar-refractivity contribution is -0.143. The molecule has 1 N–H and O–H groups in total. The molecule has 0 spiro atoms. The highest BCUT2D eigenvalue weighted by molar-refractivity contribution is 5.89. The highest BCUT2D eigenvalue weighted by atomic mass is 19.4. The molecule has 0 aliphatic rings. The van der Waals surface area contributed by atoms with Gasteiger partial charge in [0.1, 0.15) is 11.3 Å². The third-order valence-electron chi connectivity index (χ3n) is 5.03. The molecule has 0 saturated carbocycles. The van der Waals surface area contributed by atoms with Crippen molar-refractivity contribution in [2.75, 3.05) is 7.11 Å². The van der Waals surface area contributed by atoms with Crippen LogP contribution >= 0.6 is 0 Å². The van der Waals surface area contributed by atoms with Gasteiger partial charge in [-0.1, -0.05) is 54.6 Å². The zero-order valence-corrected chi connectivity index (χ0v) is 17.8. The fourth-order valence-corrected chi connectivity index (χ4v) is 3.42. The molecule has 0 fully saturated rings. The summed E-state index contributed by atoms with van der Waals surface area (Å²) in [4.78, 5) is 15.6. The number of methoxy groups -OCH3 is 1. The van der Waals surface area contributed by atoms with Crippen LogP contribution in [0.15, 0.2) is 72.9 Å². The van der Waals surface area contributed by atoms with Gasteiger partial charge in [0.25, 0.3) is 0 Å². The van der Waals surface area contributed by atoms with Gasteiger partial charge in [0.05, 0.1) is 19.0 Å². The number of alkyl halides is 3. The molecule has 4 rings (SSSR count). The van der Waals surface area contributed by atoms with Crippen LogP contribution < -0.4 is 4.74 Å². The second-order valence-electron chi connectivity index (χ2n) is 7.20. The van der Waals surface area contributed by atoms with Crippen molar-refractivity contribution in [1.82, 2.24) is 14.8 Å². The predicted molar refractivity (Wildman–Crippen MR) is 121 cm³/mol. The number of pyridine rings is 1. The van der Waals surface area contributed by atoms with E-state index in [1.54, 1.807) is 31.4 Å². The maximum atomic E-state index is 13.6. The summed E-state index contributed by atoms with van der Waals surface area (Å²) in [5, 5.41) is 12.8. The lowest BCUT2D eigenvalue weighted by Crippen LogP contribution is -2.18. The van der Waals surface area contributed by atoms with E-state index in [0.717, 1.165) is 16.9 Å². The maximum Gasteiger partial charge on any atom is 0.434 e. The van der Waals surface area contributed by atoms with Crippen LogP contribution in [0.25, 0.3) is 29.2 Å². The summed E-state index contributed by atoms with van der Waals surface area (Å²) in [5.74, 6) is -1.13. The van der Waals surface area contributed by atoms with Crippen LogP contribution in [0.1, 0.15) is 27.2 Å². The Morgan fingerprint density at radius 3 is 2.41 bits per heavy atom. The number of benzene rings is 2. The van der Waals surface area contributed by atoms with Crippen molar-refractivity contribution in [3.05, 3.63) is 95.3 Å². The topological polar surface area (TPSA) is 77.2 Å². The Morgan fingerprint density at radius 2 is 1.74 bits per heavy atom. The van der Waals surface area contributed by atoms with Gasteiger partial charge >= 0.3 is 12.1 Å². The van der Waals surface area contributed by atoms with Gasteiger partial charge in [0.2, 0.25) is 0 Å². The van der Waals surface area contributed by atoms with Gasteiger partial charge in [0.15, 0.2) is 11.5 Å². The number of rotatable bonds is 6. The second-order valence-corrected chi connectivity index (χ2v) is 7.20. The molecule has 2 aromatic carbocycles. The average molecular weight is 465 g/mol. The maximum absolute atomic E-state index is 13.6. The molecule has 0 amide bonds. The first-order valence-electron chi connectivity index (χ1n) is 10.1. The molecule has 2 heterocycles. The third-order valence-corrected chi connectivity index (χ3v) is 5.03. The lowest BCUT2D eigenvalue weighted by Gasteiger charge is -2.12. The molecule has 9 heteroatoms. The number of hydrogen-bond acceptors (Lipinski definition) is 4. The Balaban J connectivity index is 1.74. The summed E-state index contributed by atoms with van der Waals surface area (Å²) in [7, 11) is 1.59. The summed E-state index contributed by atoms with van der Waals surface area (Å²) in [5.41, 5.74) is 0.497. The molecule has 0 saturated heterocycles. The molecule has 0 atom stereocenters. The van der Waals surface area contributed by atoms with E-state index in [1.165, 1.54) is 6.07 Å². The Morgan fingerprint density at radius 1 is 1.00 bits per heavy atom. The largest absolute Gasteiger partial charge is 0.497 e. The van der Waals surface area contributed by atoms with Gasteiger partial charge in [0, 0.05) is 5.56 Å². The lowest BCUT2D eigenvalue weighted by atomic mass is 10.0. The van der Waals surface area contributed by atoms with Gasteiger partial charge in [-0.05, 0) is 35.4 Å². The molecule has 0 radical (unpaired) electrons. The number of aromatic nitrogens is 3. The highest BCUT2D eigenvalue weighted by Gasteiger charge is 2.41. The number of ether oxygens (including phenoxy) is 1. The minimum Gasteiger partial charge on any atom is -0.497 e. The zero-order chi connectivity index (χ0) is 24.3. The number of carboxylic acid groups (broad SMARTS) is 1. The summed E-state index contributed by atoms with van der Waals surface area (Å²) in [6.45, 7) is 0. The van der Waals surface area contributed by atoms with Crippen LogP contribution in [0.2, 0.25) is 0 Å². The average Bonchev–Trinajstić information content (AvgIpc) is 3.30. The monoisotopic (exact) mass is 465 g/mol. The van der Waals surface area contributed by atoms with Crippen molar-refractivity contribution < 1.29 is 27.8 Å². The number of nitrogens with zero attached hydrogens (tertiary/aromatic N) is 3. The Hall–Kier alpha value is -4.40. The molecule has 34 heavy (non-hydrogen) atoms. The SMILES string of the molecule is COc1ccc(C=Cc2ccccc2-c2cccc(-n3ncc(C(=O)O)c3C(F)(F)F)n2)cc1. The van der Waals surface area contributed by atoms with Crippen molar-refractivity contribution in [2.45, 2.75) is 6.18 Å². The third kappa shape index (κ3) is 4.68. The quantitative estimate of drug-likeness (QED) is 0.363. The molecule has 6 nitrogen and oxygen atoms in total. The first-order valence-corrected chi connectivity index (χ1v) is 10.1. The van der Waals surface area contributed by atoms with Crippen molar-refractivity contribution in [3.63, 3.8) is 0 Å². The van der Waals surface area contributed by atoms with Crippen molar-refractivity contribution in [2.24, 2.45) is 0 Å².